The maximum Gasteiger partial charge on any atom is 0.410 e. The molecule has 2 aromatic carbocycles. The van der Waals surface area contributed by atoms with Crippen molar-refractivity contribution in [3.63, 3.8) is 0 Å². The molecule has 2 aromatic rings. The second-order valence-electron chi connectivity index (χ2n) is 7.16. The number of aliphatic hydroxyl groups excluding tert-OH is 1. The van der Waals surface area contributed by atoms with E-state index in [1.165, 1.54) is 22.3 Å². The molecule has 136 valence electrons. The third-order valence-corrected chi connectivity index (χ3v) is 5.42. The van der Waals surface area contributed by atoms with Crippen molar-refractivity contribution < 1.29 is 19.4 Å². The number of rotatable bonds is 3. The molecule has 1 unspecified atom stereocenters. The van der Waals surface area contributed by atoms with Gasteiger partial charge in [0, 0.05) is 12.5 Å². The molecule has 0 saturated carbocycles. The quantitative estimate of drug-likeness (QED) is 0.921. The van der Waals surface area contributed by atoms with E-state index in [1.54, 1.807) is 4.90 Å². The Balaban J connectivity index is 1.54. The fourth-order valence-corrected chi connectivity index (χ4v) is 3.91. The van der Waals surface area contributed by atoms with Crippen molar-refractivity contribution in [2.24, 2.45) is 0 Å². The zero-order valence-electron chi connectivity index (χ0n) is 14.9. The summed E-state index contributed by atoms with van der Waals surface area (Å²) in [5, 5.41) is 9.68. The molecule has 26 heavy (non-hydrogen) atoms. The van der Waals surface area contributed by atoms with E-state index in [2.05, 4.69) is 24.3 Å². The van der Waals surface area contributed by atoms with Gasteiger partial charge in [-0.1, -0.05) is 48.5 Å². The van der Waals surface area contributed by atoms with E-state index in [9.17, 15) is 9.90 Å². The first-order chi connectivity index (χ1) is 12.6. The van der Waals surface area contributed by atoms with Gasteiger partial charge in [-0.2, -0.15) is 0 Å². The van der Waals surface area contributed by atoms with E-state index >= 15 is 0 Å². The van der Waals surface area contributed by atoms with Gasteiger partial charge in [0.15, 0.2) is 0 Å². The second kappa shape index (κ2) is 6.74. The van der Waals surface area contributed by atoms with E-state index in [-0.39, 0.29) is 19.1 Å². The highest BCUT2D eigenvalue weighted by Gasteiger charge is 2.39. The number of aliphatic hydroxyl groups is 1. The zero-order chi connectivity index (χ0) is 18.1. The van der Waals surface area contributed by atoms with Gasteiger partial charge in [0.05, 0.1) is 25.4 Å². The van der Waals surface area contributed by atoms with Crippen molar-refractivity contribution in [3.8, 4) is 11.1 Å². The van der Waals surface area contributed by atoms with Crippen LogP contribution in [0.1, 0.15) is 24.0 Å². The first-order valence-corrected chi connectivity index (χ1v) is 8.95. The van der Waals surface area contributed by atoms with Crippen LogP contribution in [0.2, 0.25) is 0 Å². The number of benzene rings is 2. The number of fused-ring (bicyclic) bond motifs is 3. The second-order valence-corrected chi connectivity index (χ2v) is 7.16. The van der Waals surface area contributed by atoms with E-state index in [0.717, 1.165) is 0 Å². The fraction of sp³-hybridized carbons (Fsp3) is 0.381. The number of carbonyl (C=O) groups excluding carboxylic acids is 1. The lowest BCUT2D eigenvalue weighted by molar-refractivity contribution is -0.0742. The maximum absolute atomic E-state index is 12.7. The molecule has 1 saturated heterocycles. The van der Waals surface area contributed by atoms with Crippen molar-refractivity contribution in [1.82, 2.24) is 4.90 Å². The van der Waals surface area contributed by atoms with Crippen LogP contribution in [0.3, 0.4) is 0 Å². The van der Waals surface area contributed by atoms with Gasteiger partial charge in [-0.15, -0.1) is 0 Å². The topological polar surface area (TPSA) is 59.0 Å². The smallest absolute Gasteiger partial charge is 0.410 e. The lowest BCUT2D eigenvalue weighted by Gasteiger charge is -2.42. The number of hydrogen-bond acceptors (Lipinski definition) is 4. The minimum absolute atomic E-state index is 0.0350. The van der Waals surface area contributed by atoms with E-state index < -0.39 is 11.6 Å². The van der Waals surface area contributed by atoms with Crippen LogP contribution >= 0.6 is 0 Å². The minimum atomic E-state index is -0.735. The summed E-state index contributed by atoms with van der Waals surface area (Å²) in [5.41, 5.74) is 4.05. The molecular formula is C21H23NO4. The van der Waals surface area contributed by atoms with Crippen LogP contribution in [-0.4, -0.2) is 54.6 Å². The van der Waals surface area contributed by atoms with E-state index in [1.807, 2.05) is 31.2 Å². The highest BCUT2D eigenvalue weighted by atomic mass is 16.6. The molecule has 0 spiro atoms. The van der Waals surface area contributed by atoms with Crippen LogP contribution in [-0.2, 0) is 9.47 Å². The number of carbonyl (C=O) groups is 1. The summed E-state index contributed by atoms with van der Waals surface area (Å²) in [6, 6.07) is 16.5. The molecule has 1 fully saturated rings. The van der Waals surface area contributed by atoms with Gasteiger partial charge < -0.3 is 14.6 Å². The summed E-state index contributed by atoms with van der Waals surface area (Å²) in [4.78, 5) is 14.3. The molecule has 1 heterocycles. The number of nitrogens with zero attached hydrogens (tertiary/aromatic N) is 1. The number of amides is 1. The Labute approximate surface area is 153 Å². The standard InChI is InChI=1S/C21H23NO4/c1-21(13-23)14-25-11-10-22(21)20(24)26-12-19-17-8-4-2-6-15(17)16-7-3-5-9-18(16)19/h2-9,19,23H,10-14H2,1H3. The SMILES string of the molecule is CC1(CO)COCCN1C(=O)OCC1c2ccccc2-c2ccccc21. The first-order valence-electron chi connectivity index (χ1n) is 8.95. The Kier molecular flexibility index (Phi) is 4.42. The van der Waals surface area contributed by atoms with Crippen LogP contribution in [0.5, 0.6) is 0 Å². The van der Waals surface area contributed by atoms with Gasteiger partial charge in [-0.05, 0) is 29.2 Å². The van der Waals surface area contributed by atoms with E-state index in [4.69, 9.17) is 9.47 Å². The van der Waals surface area contributed by atoms with Crippen molar-refractivity contribution in [1.29, 1.82) is 0 Å². The Bertz CT molecular complexity index is 776. The highest BCUT2D eigenvalue weighted by Crippen LogP contribution is 2.44. The first kappa shape index (κ1) is 17.1. The number of morpholine rings is 1. The van der Waals surface area contributed by atoms with Crippen molar-refractivity contribution in [2.75, 3.05) is 33.0 Å². The Morgan fingerprint density at radius 1 is 1.19 bits per heavy atom. The predicted octanol–water partition coefficient (Wildman–Crippen LogP) is 3.02. The summed E-state index contributed by atoms with van der Waals surface area (Å²) in [7, 11) is 0. The molecule has 5 heteroatoms. The highest BCUT2D eigenvalue weighted by molar-refractivity contribution is 5.79. The molecular weight excluding hydrogens is 330 g/mol. The van der Waals surface area contributed by atoms with Crippen molar-refractivity contribution >= 4 is 6.09 Å². The van der Waals surface area contributed by atoms with E-state index in [0.29, 0.717) is 19.8 Å². The monoisotopic (exact) mass is 353 g/mol. The van der Waals surface area contributed by atoms with Crippen LogP contribution < -0.4 is 0 Å². The van der Waals surface area contributed by atoms with Crippen LogP contribution in [0.4, 0.5) is 4.79 Å². The minimum Gasteiger partial charge on any atom is -0.448 e. The lowest BCUT2D eigenvalue weighted by Crippen LogP contribution is -2.59. The fourth-order valence-electron chi connectivity index (χ4n) is 3.91. The number of ether oxygens (including phenoxy) is 2. The summed E-state index contributed by atoms with van der Waals surface area (Å²) < 4.78 is 11.1. The Morgan fingerprint density at radius 3 is 2.42 bits per heavy atom. The van der Waals surface area contributed by atoms with Crippen LogP contribution in [0.15, 0.2) is 48.5 Å². The molecule has 5 nitrogen and oxygen atoms in total. The summed E-state index contributed by atoms with van der Waals surface area (Å²) in [6.45, 7) is 3.14. The van der Waals surface area contributed by atoms with Gasteiger partial charge in [0.1, 0.15) is 6.61 Å². The molecule has 0 bridgehead atoms. The third-order valence-electron chi connectivity index (χ3n) is 5.42. The molecule has 1 atom stereocenters. The Hall–Kier alpha value is -2.37. The molecule has 1 amide bonds. The average molecular weight is 353 g/mol. The third kappa shape index (κ3) is 2.77. The molecule has 1 aliphatic carbocycles. The van der Waals surface area contributed by atoms with Crippen LogP contribution in [0.25, 0.3) is 11.1 Å². The average Bonchev–Trinajstić information content (AvgIpc) is 3.00. The van der Waals surface area contributed by atoms with Crippen molar-refractivity contribution in [2.45, 2.75) is 18.4 Å². The van der Waals surface area contributed by atoms with Crippen LogP contribution in [0, 0.1) is 0 Å². The molecule has 2 aliphatic rings. The molecule has 4 rings (SSSR count). The van der Waals surface area contributed by atoms with Gasteiger partial charge >= 0.3 is 6.09 Å². The van der Waals surface area contributed by atoms with Gasteiger partial charge in [-0.3, -0.25) is 4.90 Å². The molecule has 1 N–H and O–H groups in total. The predicted molar refractivity (Wildman–Crippen MR) is 98.1 cm³/mol. The molecule has 0 aromatic heterocycles. The molecule has 0 radical (unpaired) electrons. The Morgan fingerprint density at radius 2 is 1.81 bits per heavy atom. The summed E-state index contributed by atoms with van der Waals surface area (Å²) in [6.07, 6.45) is -0.397. The summed E-state index contributed by atoms with van der Waals surface area (Å²) in [5.74, 6) is 0.0350. The zero-order valence-corrected chi connectivity index (χ0v) is 14.9. The largest absolute Gasteiger partial charge is 0.448 e. The lowest BCUT2D eigenvalue weighted by atomic mass is 9.98. The maximum atomic E-state index is 12.7. The molecule has 1 aliphatic heterocycles. The number of hydrogen-bond donors (Lipinski definition) is 1. The normalized spacial score (nSPS) is 22.0. The van der Waals surface area contributed by atoms with Gasteiger partial charge in [0.25, 0.3) is 0 Å². The van der Waals surface area contributed by atoms with Gasteiger partial charge in [-0.25, -0.2) is 4.79 Å². The van der Waals surface area contributed by atoms with Gasteiger partial charge in [0.2, 0.25) is 0 Å². The van der Waals surface area contributed by atoms with Crippen molar-refractivity contribution in [3.05, 3.63) is 59.7 Å². The summed E-state index contributed by atoms with van der Waals surface area (Å²) >= 11 is 0.